The van der Waals surface area contributed by atoms with Crippen molar-refractivity contribution in [3.05, 3.63) is 54.1 Å². The molecule has 0 spiro atoms. The zero-order valence-electron chi connectivity index (χ0n) is 23.1. The Labute approximate surface area is 241 Å². The predicted octanol–water partition coefficient (Wildman–Crippen LogP) is 5.33. The van der Waals surface area contributed by atoms with E-state index in [1.807, 2.05) is 0 Å². The van der Waals surface area contributed by atoms with Crippen molar-refractivity contribution in [1.29, 1.82) is 0 Å². The van der Waals surface area contributed by atoms with E-state index in [2.05, 4.69) is 20.1 Å². The fraction of sp³-hybridized carbons (Fsp3) is 0.438. The fourth-order valence-corrected chi connectivity index (χ4v) is 7.84. The average Bonchev–Trinajstić information content (AvgIpc) is 3.61. The van der Waals surface area contributed by atoms with Gasteiger partial charge in [-0.25, -0.2) is 13.2 Å². The maximum absolute atomic E-state index is 16.6. The normalized spacial score (nSPS) is 27.3. The monoisotopic (exact) mass is 575 g/mol. The number of aromatic hydroxyl groups is 1. The number of phenolic OH excluding ortho intramolecular Hbond substituents is 1. The van der Waals surface area contributed by atoms with E-state index in [0.29, 0.717) is 41.6 Å². The van der Waals surface area contributed by atoms with Crippen LogP contribution in [0.5, 0.6) is 11.8 Å². The summed E-state index contributed by atoms with van der Waals surface area (Å²) in [6, 6.07) is 11.5. The third-order valence-electron chi connectivity index (χ3n) is 9.71. The van der Waals surface area contributed by atoms with E-state index in [0.717, 1.165) is 45.3 Å². The minimum Gasteiger partial charge on any atom is -0.508 e. The molecule has 4 fully saturated rings. The second-order valence-corrected chi connectivity index (χ2v) is 12.4. The van der Waals surface area contributed by atoms with Crippen LogP contribution in [0.3, 0.4) is 0 Å². The van der Waals surface area contributed by atoms with E-state index >= 15 is 8.78 Å². The quantitative estimate of drug-likeness (QED) is 0.333. The van der Waals surface area contributed by atoms with Crippen LogP contribution >= 0.6 is 0 Å². The zero-order chi connectivity index (χ0) is 28.6. The zero-order valence-corrected chi connectivity index (χ0v) is 23.1. The maximum Gasteiger partial charge on any atom is 0.319 e. The van der Waals surface area contributed by atoms with Crippen LogP contribution in [0.4, 0.5) is 19.0 Å². The summed E-state index contributed by atoms with van der Waals surface area (Å²) < 4.78 is 52.3. The Kier molecular flexibility index (Phi) is 6.01. The second-order valence-electron chi connectivity index (χ2n) is 12.4. The molecule has 0 saturated carbocycles. The first-order valence-corrected chi connectivity index (χ1v) is 14.8. The first-order chi connectivity index (χ1) is 20.4. The van der Waals surface area contributed by atoms with Gasteiger partial charge in [0.2, 0.25) is 0 Å². The number of piperazine rings is 1. The van der Waals surface area contributed by atoms with Gasteiger partial charge in [0.25, 0.3) is 0 Å². The molecular formula is C32H32F3N5O2. The number of ether oxygens (including phenoxy) is 1. The summed E-state index contributed by atoms with van der Waals surface area (Å²) in [5, 5.41) is 15.3. The molecule has 0 amide bonds. The van der Waals surface area contributed by atoms with Crippen molar-refractivity contribution in [3.8, 4) is 22.9 Å². The van der Waals surface area contributed by atoms with Gasteiger partial charge < -0.3 is 20.1 Å². The summed E-state index contributed by atoms with van der Waals surface area (Å²) in [7, 11) is 0. The van der Waals surface area contributed by atoms with Gasteiger partial charge in [-0.15, -0.1) is 0 Å². The largest absolute Gasteiger partial charge is 0.508 e. The number of rotatable bonds is 5. The van der Waals surface area contributed by atoms with Gasteiger partial charge in [-0.1, -0.05) is 18.2 Å². The molecule has 4 saturated heterocycles. The molecule has 3 unspecified atom stereocenters. The van der Waals surface area contributed by atoms with Crippen molar-refractivity contribution in [1.82, 2.24) is 20.2 Å². The summed E-state index contributed by atoms with van der Waals surface area (Å²) in [6.45, 7) is 2.94. The molecule has 0 radical (unpaired) electrons. The lowest BCUT2D eigenvalue weighted by atomic mass is 9.95. The Morgan fingerprint density at radius 3 is 2.69 bits per heavy atom. The molecule has 4 aliphatic rings. The van der Waals surface area contributed by atoms with Gasteiger partial charge in [-0.2, -0.15) is 9.97 Å². The Bertz CT molecular complexity index is 1710. The standard InChI is InChI=1S/C32H32F3N5O2/c33-19-13-32(9-2-10-40(32)14-19)17-42-31-37-29-24(30(38-31)39-15-20-5-6-21(16-39)36-20)8-7-23(28(29)35)25-12-22(41)11-18-3-1-4-26(34)27(18)25/h1,3-4,7-8,11-12,19-21,36,41H,2,5-6,9-10,13-17H2/t19-,20?,21?,32?/m1/s1. The number of hydrogen-bond acceptors (Lipinski definition) is 7. The third kappa shape index (κ3) is 4.18. The molecule has 3 aromatic carbocycles. The van der Waals surface area contributed by atoms with Crippen LogP contribution in [0.25, 0.3) is 32.8 Å². The molecule has 10 heteroatoms. The maximum atomic E-state index is 16.6. The van der Waals surface area contributed by atoms with Crippen LogP contribution in [-0.2, 0) is 0 Å². The number of hydrogen-bond donors (Lipinski definition) is 2. The highest BCUT2D eigenvalue weighted by Crippen LogP contribution is 2.42. The summed E-state index contributed by atoms with van der Waals surface area (Å²) in [5.74, 6) is -0.635. The van der Waals surface area contributed by atoms with E-state index in [1.54, 1.807) is 24.3 Å². The average molecular weight is 576 g/mol. The van der Waals surface area contributed by atoms with Gasteiger partial charge in [0.1, 0.15) is 35.7 Å². The number of anilines is 1. The molecule has 8 rings (SSSR count). The number of nitrogens with one attached hydrogen (secondary N) is 1. The number of benzene rings is 3. The smallest absolute Gasteiger partial charge is 0.319 e. The molecule has 4 atom stereocenters. The molecule has 1 aromatic heterocycles. The molecule has 0 aliphatic carbocycles. The molecule has 4 aliphatic heterocycles. The molecule has 5 heterocycles. The Hall–Kier alpha value is -3.63. The summed E-state index contributed by atoms with van der Waals surface area (Å²) in [6.07, 6.45) is 3.48. The predicted molar refractivity (Wildman–Crippen MR) is 155 cm³/mol. The number of aromatic nitrogens is 2. The first-order valence-electron chi connectivity index (χ1n) is 14.8. The molecule has 2 N–H and O–H groups in total. The number of nitrogens with zero attached hydrogens (tertiary/aromatic N) is 4. The lowest BCUT2D eigenvalue weighted by Gasteiger charge is -2.34. The topological polar surface area (TPSA) is 73.8 Å². The minimum atomic E-state index is -0.893. The van der Waals surface area contributed by atoms with Crippen LogP contribution in [0.2, 0.25) is 0 Å². The second kappa shape index (κ2) is 9.70. The molecule has 42 heavy (non-hydrogen) atoms. The van der Waals surface area contributed by atoms with E-state index in [4.69, 9.17) is 9.72 Å². The highest BCUT2D eigenvalue weighted by atomic mass is 19.1. The van der Waals surface area contributed by atoms with Crippen LogP contribution in [0, 0.1) is 11.6 Å². The van der Waals surface area contributed by atoms with Crippen LogP contribution in [0.1, 0.15) is 32.1 Å². The number of phenols is 1. The molecule has 218 valence electrons. The van der Waals surface area contributed by atoms with E-state index < -0.39 is 23.3 Å². The lowest BCUT2D eigenvalue weighted by Crippen LogP contribution is -2.51. The van der Waals surface area contributed by atoms with E-state index in [1.165, 1.54) is 18.2 Å². The van der Waals surface area contributed by atoms with Gasteiger partial charge in [-0.05, 0) is 67.4 Å². The van der Waals surface area contributed by atoms with Crippen LogP contribution in [-0.4, -0.2) is 76.6 Å². The van der Waals surface area contributed by atoms with Gasteiger partial charge in [0, 0.05) is 54.5 Å². The van der Waals surface area contributed by atoms with Gasteiger partial charge >= 0.3 is 6.01 Å². The summed E-state index contributed by atoms with van der Waals surface area (Å²) in [4.78, 5) is 13.7. The van der Waals surface area contributed by atoms with Crippen molar-refractivity contribution in [2.24, 2.45) is 0 Å². The van der Waals surface area contributed by atoms with Crippen molar-refractivity contribution in [2.45, 2.75) is 55.9 Å². The van der Waals surface area contributed by atoms with Crippen LogP contribution in [0.15, 0.2) is 42.5 Å². The molecule has 7 nitrogen and oxygen atoms in total. The summed E-state index contributed by atoms with van der Waals surface area (Å²) in [5.41, 5.74) is 0.0402. The molecule has 4 aromatic rings. The minimum absolute atomic E-state index is 0.0508. The van der Waals surface area contributed by atoms with Gasteiger partial charge in [-0.3, -0.25) is 4.90 Å². The molecular weight excluding hydrogens is 543 g/mol. The van der Waals surface area contributed by atoms with Crippen molar-refractivity contribution in [2.75, 3.05) is 37.7 Å². The Morgan fingerprint density at radius 1 is 1.02 bits per heavy atom. The molecule has 2 bridgehead atoms. The lowest BCUT2D eigenvalue weighted by molar-refractivity contribution is 0.107. The number of fused-ring (bicyclic) bond motifs is 5. The van der Waals surface area contributed by atoms with Crippen molar-refractivity contribution >= 4 is 27.5 Å². The first kappa shape index (κ1) is 26.0. The summed E-state index contributed by atoms with van der Waals surface area (Å²) >= 11 is 0. The third-order valence-corrected chi connectivity index (χ3v) is 9.71. The number of alkyl halides is 1. The van der Waals surface area contributed by atoms with Crippen molar-refractivity contribution in [3.63, 3.8) is 0 Å². The van der Waals surface area contributed by atoms with E-state index in [9.17, 15) is 9.50 Å². The SMILES string of the molecule is Oc1cc(-c2ccc3c(N4CC5CCC(C4)N5)nc(OCC45CCCN4C[C@H](F)C5)nc3c2F)c2c(F)cccc2c1. The van der Waals surface area contributed by atoms with Crippen molar-refractivity contribution < 1.29 is 23.0 Å². The highest BCUT2D eigenvalue weighted by Gasteiger charge is 2.49. The van der Waals surface area contributed by atoms with Gasteiger partial charge in [0.15, 0.2) is 5.82 Å². The Balaban J connectivity index is 1.26. The van der Waals surface area contributed by atoms with Gasteiger partial charge in [0.05, 0.1) is 5.54 Å². The van der Waals surface area contributed by atoms with E-state index in [-0.39, 0.29) is 40.4 Å². The highest BCUT2D eigenvalue weighted by molar-refractivity contribution is 6.01. The fourth-order valence-electron chi connectivity index (χ4n) is 7.84. The number of halogens is 3. The Morgan fingerprint density at radius 2 is 1.86 bits per heavy atom. The van der Waals surface area contributed by atoms with Crippen LogP contribution < -0.4 is 15.0 Å².